The van der Waals surface area contributed by atoms with Crippen molar-refractivity contribution >= 4 is 0 Å². The lowest BCUT2D eigenvalue weighted by Gasteiger charge is -2.22. The van der Waals surface area contributed by atoms with Gasteiger partial charge in [-0.3, -0.25) is 0 Å². The Hall–Kier alpha value is -0.300. The van der Waals surface area contributed by atoms with Gasteiger partial charge in [0.05, 0.1) is 0 Å². The molecule has 2 bridgehead atoms. The quantitative estimate of drug-likeness (QED) is 0.548. The van der Waals surface area contributed by atoms with Crippen LogP contribution in [0.2, 0.25) is 0 Å². The first-order valence-corrected chi connectivity index (χ1v) is 4.11. The average Bonchev–Trinajstić information content (AvgIpc) is 2.42. The molecule has 0 spiro atoms. The molecule has 0 aromatic heterocycles. The maximum absolute atomic E-state index is 6.11. The van der Waals surface area contributed by atoms with E-state index in [1.807, 2.05) is 0 Å². The Morgan fingerprint density at radius 1 is 1.20 bits per heavy atom. The molecule has 0 aromatic carbocycles. The summed E-state index contributed by atoms with van der Waals surface area (Å²) in [6.45, 7) is 3.89. The van der Waals surface area contributed by atoms with E-state index in [0.717, 1.165) is 0 Å². The highest BCUT2D eigenvalue weighted by molar-refractivity contribution is 5.14. The fraction of sp³-hybridized carbons (Fsp3) is 0.778. The fourth-order valence-electron chi connectivity index (χ4n) is 2.58. The molecule has 2 rings (SSSR count). The third kappa shape index (κ3) is 0.671. The SMILES string of the molecule is C=CC12CCC(N)(CC1)C2. The lowest BCUT2D eigenvalue weighted by atomic mass is 9.84. The Morgan fingerprint density at radius 2 is 1.80 bits per heavy atom. The summed E-state index contributed by atoms with van der Waals surface area (Å²) in [5.74, 6) is 0. The van der Waals surface area contributed by atoms with Gasteiger partial charge in [0.25, 0.3) is 0 Å². The molecule has 2 N–H and O–H groups in total. The summed E-state index contributed by atoms with van der Waals surface area (Å²) < 4.78 is 0. The molecule has 0 heterocycles. The molecule has 56 valence electrons. The highest BCUT2D eigenvalue weighted by Crippen LogP contribution is 2.55. The number of rotatable bonds is 1. The normalized spacial score (nSPS) is 51.7. The standard InChI is InChI=1S/C9H15N/c1-2-8-3-5-9(10,7-8)6-4-8/h2H,1,3-7,10H2. The number of allylic oxidation sites excluding steroid dienone is 1. The van der Waals surface area contributed by atoms with Crippen molar-refractivity contribution < 1.29 is 0 Å². The van der Waals surface area contributed by atoms with Crippen molar-refractivity contribution in [2.75, 3.05) is 0 Å². The number of nitrogens with two attached hydrogens (primary N) is 1. The van der Waals surface area contributed by atoms with E-state index in [9.17, 15) is 0 Å². The topological polar surface area (TPSA) is 26.0 Å². The van der Waals surface area contributed by atoms with Crippen LogP contribution in [0.15, 0.2) is 12.7 Å². The van der Waals surface area contributed by atoms with Crippen molar-refractivity contribution in [3.63, 3.8) is 0 Å². The summed E-state index contributed by atoms with van der Waals surface area (Å²) in [5, 5.41) is 0. The monoisotopic (exact) mass is 137 g/mol. The number of fused-ring (bicyclic) bond motifs is 2. The second-order valence-electron chi connectivity index (χ2n) is 4.11. The summed E-state index contributed by atoms with van der Waals surface area (Å²) in [5.41, 5.74) is 6.77. The Bertz CT molecular complexity index is 164. The molecule has 2 aliphatic rings. The molecule has 0 unspecified atom stereocenters. The van der Waals surface area contributed by atoms with Gasteiger partial charge in [-0.2, -0.15) is 0 Å². The molecule has 1 heteroatoms. The predicted molar refractivity (Wildman–Crippen MR) is 42.6 cm³/mol. The summed E-state index contributed by atoms with van der Waals surface area (Å²) in [6, 6.07) is 0. The van der Waals surface area contributed by atoms with Gasteiger partial charge in [-0.1, -0.05) is 6.08 Å². The van der Waals surface area contributed by atoms with Gasteiger partial charge < -0.3 is 5.73 Å². The third-order valence-corrected chi connectivity index (χ3v) is 3.38. The van der Waals surface area contributed by atoms with E-state index in [1.54, 1.807) is 0 Å². The molecule has 0 aromatic rings. The molecular weight excluding hydrogens is 122 g/mol. The van der Waals surface area contributed by atoms with Gasteiger partial charge in [-0.25, -0.2) is 0 Å². The van der Waals surface area contributed by atoms with E-state index >= 15 is 0 Å². The van der Waals surface area contributed by atoms with Crippen molar-refractivity contribution in [3.05, 3.63) is 12.7 Å². The Balaban J connectivity index is 2.26. The zero-order valence-corrected chi connectivity index (χ0v) is 6.40. The van der Waals surface area contributed by atoms with Crippen molar-refractivity contribution in [2.45, 2.75) is 37.6 Å². The second kappa shape index (κ2) is 1.65. The molecule has 1 nitrogen and oxygen atoms in total. The highest BCUT2D eigenvalue weighted by atomic mass is 14.8. The van der Waals surface area contributed by atoms with Crippen LogP contribution in [0, 0.1) is 5.41 Å². The lowest BCUT2D eigenvalue weighted by molar-refractivity contribution is 0.372. The fourth-order valence-corrected chi connectivity index (χ4v) is 2.58. The second-order valence-corrected chi connectivity index (χ2v) is 4.11. The van der Waals surface area contributed by atoms with Crippen molar-refractivity contribution in [3.8, 4) is 0 Å². The summed E-state index contributed by atoms with van der Waals surface area (Å²) >= 11 is 0. The molecule has 0 saturated heterocycles. The largest absolute Gasteiger partial charge is 0.325 e. The average molecular weight is 137 g/mol. The Kier molecular flexibility index (Phi) is 1.06. The summed E-state index contributed by atoms with van der Waals surface area (Å²) in [7, 11) is 0. The molecule has 0 radical (unpaired) electrons. The zero-order valence-electron chi connectivity index (χ0n) is 6.40. The molecule has 0 atom stereocenters. The Labute approximate surface area is 62.3 Å². The minimum Gasteiger partial charge on any atom is -0.325 e. The first kappa shape index (κ1) is 6.41. The third-order valence-electron chi connectivity index (χ3n) is 3.38. The van der Waals surface area contributed by atoms with Gasteiger partial charge in [0, 0.05) is 5.54 Å². The summed E-state index contributed by atoms with van der Waals surface area (Å²) in [4.78, 5) is 0. The molecule has 2 fully saturated rings. The van der Waals surface area contributed by atoms with E-state index < -0.39 is 0 Å². The van der Waals surface area contributed by atoms with Gasteiger partial charge in [-0.15, -0.1) is 6.58 Å². The van der Waals surface area contributed by atoms with Crippen LogP contribution in [0.3, 0.4) is 0 Å². The van der Waals surface area contributed by atoms with Crippen LogP contribution in [-0.2, 0) is 0 Å². The van der Waals surface area contributed by atoms with E-state index in [0.29, 0.717) is 5.41 Å². The zero-order chi connectivity index (χ0) is 7.24. The van der Waals surface area contributed by atoms with Crippen molar-refractivity contribution in [2.24, 2.45) is 11.1 Å². The number of hydrogen-bond acceptors (Lipinski definition) is 1. The predicted octanol–water partition coefficient (Wildman–Crippen LogP) is 1.83. The van der Waals surface area contributed by atoms with Crippen LogP contribution in [-0.4, -0.2) is 5.54 Å². The maximum Gasteiger partial charge on any atom is 0.0163 e. The van der Waals surface area contributed by atoms with Gasteiger partial charge in [-0.05, 0) is 37.5 Å². The highest BCUT2D eigenvalue weighted by Gasteiger charge is 2.50. The van der Waals surface area contributed by atoms with Crippen LogP contribution >= 0.6 is 0 Å². The van der Waals surface area contributed by atoms with Gasteiger partial charge >= 0.3 is 0 Å². The van der Waals surface area contributed by atoms with Gasteiger partial charge in [0.2, 0.25) is 0 Å². The molecule has 2 aliphatic carbocycles. The minimum atomic E-state index is 0.203. The van der Waals surface area contributed by atoms with Crippen molar-refractivity contribution in [1.82, 2.24) is 0 Å². The van der Waals surface area contributed by atoms with E-state index in [-0.39, 0.29) is 5.54 Å². The first-order valence-electron chi connectivity index (χ1n) is 4.11. The lowest BCUT2D eigenvalue weighted by Crippen LogP contribution is -2.33. The van der Waals surface area contributed by atoms with Crippen LogP contribution < -0.4 is 5.73 Å². The minimum absolute atomic E-state index is 0.203. The van der Waals surface area contributed by atoms with E-state index in [4.69, 9.17) is 5.73 Å². The number of hydrogen-bond donors (Lipinski definition) is 1. The van der Waals surface area contributed by atoms with Crippen LogP contribution in [0.4, 0.5) is 0 Å². The molecule has 0 aliphatic heterocycles. The first-order chi connectivity index (χ1) is 4.68. The Morgan fingerprint density at radius 3 is 2.00 bits per heavy atom. The van der Waals surface area contributed by atoms with Gasteiger partial charge in [0.1, 0.15) is 0 Å². The van der Waals surface area contributed by atoms with Crippen LogP contribution in [0.1, 0.15) is 32.1 Å². The van der Waals surface area contributed by atoms with Crippen LogP contribution in [0.25, 0.3) is 0 Å². The van der Waals surface area contributed by atoms with E-state index in [1.165, 1.54) is 32.1 Å². The van der Waals surface area contributed by atoms with Crippen LogP contribution in [0.5, 0.6) is 0 Å². The summed E-state index contributed by atoms with van der Waals surface area (Å²) in [6.07, 6.45) is 8.34. The maximum atomic E-state index is 6.11. The smallest absolute Gasteiger partial charge is 0.0163 e. The van der Waals surface area contributed by atoms with Gasteiger partial charge in [0.15, 0.2) is 0 Å². The van der Waals surface area contributed by atoms with Crippen molar-refractivity contribution in [1.29, 1.82) is 0 Å². The molecule has 10 heavy (non-hydrogen) atoms. The molecule has 2 saturated carbocycles. The molecule has 0 amide bonds. The van der Waals surface area contributed by atoms with E-state index in [2.05, 4.69) is 12.7 Å². The molecular formula is C9H15N.